The van der Waals surface area contributed by atoms with Gasteiger partial charge in [0.05, 0.1) is 18.1 Å². The highest BCUT2D eigenvalue weighted by molar-refractivity contribution is 5.74. The Bertz CT molecular complexity index is 428. The first-order valence-electron chi connectivity index (χ1n) is 7.06. The topological polar surface area (TPSA) is 46.5 Å². The van der Waals surface area contributed by atoms with Gasteiger partial charge in [0.15, 0.2) is 0 Å². The molecule has 1 aromatic rings. The van der Waals surface area contributed by atoms with E-state index in [4.69, 9.17) is 4.74 Å². The van der Waals surface area contributed by atoms with E-state index in [1.807, 2.05) is 31.2 Å². The van der Waals surface area contributed by atoms with Gasteiger partial charge < -0.3 is 9.84 Å². The van der Waals surface area contributed by atoms with Crippen molar-refractivity contribution in [2.24, 2.45) is 5.92 Å². The molecule has 1 aliphatic carbocycles. The Morgan fingerprint density at radius 2 is 1.89 bits per heavy atom. The van der Waals surface area contributed by atoms with Crippen molar-refractivity contribution < 1.29 is 14.6 Å². The number of carbonyl (C=O) groups excluding carboxylic acids is 1. The number of carbonyl (C=O) groups is 1. The highest BCUT2D eigenvalue weighted by Gasteiger charge is 2.45. The summed E-state index contributed by atoms with van der Waals surface area (Å²) in [7, 11) is 0. The number of aliphatic hydroxyl groups is 1. The van der Waals surface area contributed by atoms with Gasteiger partial charge in [-0.25, -0.2) is 0 Å². The monoisotopic (exact) mass is 262 g/mol. The lowest BCUT2D eigenvalue weighted by Gasteiger charge is -2.30. The van der Waals surface area contributed by atoms with Gasteiger partial charge in [-0.15, -0.1) is 0 Å². The fourth-order valence-electron chi connectivity index (χ4n) is 3.01. The van der Waals surface area contributed by atoms with E-state index in [-0.39, 0.29) is 5.97 Å². The fraction of sp³-hybridized carbons (Fsp3) is 0.562. The van der Waals surface area contributed by atoms with Crippen LogP contribution in [0.15, 0.2) is 24.3 Å². The molecule has 3 heteroatoms. The molecule has 0 amide bonds. The summed E-state index contributed by atoms with van der Waals surface area (Å²) in [5.41, 5.74) is 1.32. The van der Waals surface area contributed by atoms with Crippen LogP contribution >= 0.6 is 0 Å². The molecular weight excluding hydrogens is 240 g/mol. The Labute approximate surface area is 114 Å². The Hall–Kier alpha value is -1.35. The van der Waals surface area contributed by atoms with Gasteiger partial charge in [0, 0.05) is 12.8 Å². The summed E-state index contributed by atoms with van der Waals surface area (Å²) in [6.07, 6.45) is 2.63. The molecule has 0 bridgehead atoms. The Balaban J connectivity index is 2.21. The summed E-state index contributed by atoms with van der Waals surface area (Å²) in [4.78, 5) is 12.1. The summed E-state index contributed by atoms with van der Waals surface area (Å²) in [6.45, 7) is 4.19. The number of benzene rings is 1. The molecular formula is C16H22O3. The van der Waals surface area contributed by atoms with Crippen molar-refractivity contribution in [3.8, 4) is 0 Å². The van der Waals surface area contributed by atoms with Gasteiger partial charge in [0.25, 0.3) is 0 Å². The average Bonchev–Trinajstić information content (AvgIpc) is 2.73. The van der Waals surface area contributed by atoms with E-state index < -0.39 is 11.5 Å². The molecule has 1 atom stereocenters. The van der Waals surface area contributed by atoms with E-state index in [9.17, 15) is 9.90 Å². The van der Waals surface area contributed by atoms with Crippen LogP contribution in [0, 0.1) is 5.92 Å². The van der Waals surface area contributed by atoms with Gasteiger partial charge >= 0.3 is 5.97 Å². The van der Waals surface area contributed by atoms with Crippen molar-refractivity contribution >= 4 is 5.97 Å². The van der Waals surface area contributed by atoms with Crippen molar-refractivity contribution in [2.75, 3.05) is 6.61 Å². The second kappa shape index (κ2) is 5.74. The van der Waals surface area contributed by atoms with Crippen LogP contribution in [0.2, 0.25) is 0 Å². The number of hydrogen-bond acceptors (Lipinski definition) is 3. The van der Waals surface area contributed by atoms with Crippen LogP contribution in [0.3, 0.4) is 0 Å². The Morgan fingerprint density at radius 3 is 2.37 bits per heavy atom. The standard InChI is InChI=1S/C16H22O3/c1-3-7-14(15(17)19-4-2)16(18)10-12-8-5-6-9-13(12)11-16/h5-6,8-9,14,18H,3-4,7,10-11H2,1-2H3. The molecule has 0 aliphatic heterocycles. The minimum absolute atomic E-state index is 0.264. The maximum atomic E-state index is 12.1. The second-order valence-corrected chi connectivity index (χ2v) is 5.32. The smallest absolute Gasteiger partial charge is 0.311 e. The molecule has 0 heterocycles. The first kappa shape index (κ1) is 14.1. The van der Waals surface area contributed by atoms with Gasteiger partial charge in [0.1, 0.15) is 0 Å². The lowest BCUT2D eigenvalue weighted by Crippen LogP contribution is -2.44. The molecule has 2 rings (SSSR count). The third kappa shape index (κ3) is 2.81. The number of ether oxygens (including phenoxy) is 1. The number of esters is 1. The van der Waals surface area contributed by atoms with E-state index in [2.05, 4.69) is 0 Å². The summed E-state index contributed by atoms with van der Waals surface area (Å²) >= 11 is 0. The van der Waals surface area contributed by atoms with E-state index in [1.165, 1.54) is 0 Å². The Morgan fingerprint density at radius 1 is 1.32 bits per heavy atom. The van der Waals surface area contributed by atoms with Crippen LogP contribution in [-0.4, -0.2) is 23.3 Å². The summed E-state index contributed by atoms with van der Waals surface area (Å²) in [5, 5.41) is 10.9. The maximum absolute atomic E-state index is 12.1. The summed E-state index contributed by atoms with van der Waals surface area (Å²) in [6, 6.07) is 8.01. The van der Waals surface area contributed by atoms with E-state index in [0.717, 1.165) is 17.5 Å². The normalized spacial score (nSPS) is 17.8. The first-order valence-corrected chi connectivity index (χ1v) is 7.06. The SMILES string of the molecule is CCCC(C(=O)OCC)C1(O)Cc2ccccc2C1. The van der Waals surface area contributed by atoms with Crippen LogP contribution in [0.5, 0.6) is 0 Å². The lowest BCUT2D eigenvalue weighted by molar-refractivity contribution is -0.158. The molecule has 104 valence electrons. The van der Waals surface area contributed by atoms with Gasteiger partial charge in [-0.3, -0.25) is 4.79 Å². The van der Waals surface area contributed by atoms with E-state index in [0.29, 0.717) is 25.9 Å². The van der Waals surface area contributed by atoms with E-state index in [1.54, 1.807) is 6.92 Å². The zero-order valence-corrected chi connectivity index (χ0v) is 11.7. The van der Waals surface area contributed by atoms with Gasteiger partial charge in [0.2, 0.25) is 0 Å². The van der Waals surface area contributed by atoms with Crippen LogP contribution < -0.4 is 0 Å². The van der Waals surface area contributed by atoms with Gasteiger partial charge in [-0.1, -0.05) is 37.6 Å². The van der Waals surface area contributed by atoms with Crippen molar-refractivity contribution in [1.82, 2.24) is 0 Å². The van der Waals surface area contributed by atoms with Crippen molar-refractivity contribution in [3.63, 3.8) is 0 Å². The quantitative estimate of drug-likeness (QED) is 0.829. The van der Waals surface area contributed by atoms with Gasteiger partial charge in [-0.05, 0) is 24.5 Å². The average molecular weight is 262 g/mol. The zero-order chi connectivity index (χ0) is 13.9. The lowest BCUT2D eigenvalue weighted by atomic mass is 9.82. The molecule has 0 saturated carbocycles. The molecule has 1 N–H and O–H groups in total. The highest BCUT2D eigenvalue weighted by Crippen LogP contribution is 2.37. The Kier molecular flexibility index (Phi) is 4.25. The number of fused-ring (bicyclic) bond motifs is 1. The number of hydrogen-bond donors (Lipinski definition) is 1. The molecule has 19 heavy (non-hydrogen) atoms. The predicted octanol–water partition coefficient (Wildman–Crippen LogP) is 2.50. The van der Waals surface area contributed by atoms with Crippen LogP contribution in [0.1, 0.15) is 37.8 Å². The number of rotatable bonds is 5. The molecule has 3 nitrogen and oxygen atoms in total. The third-order valence-electron chi connectivity index (χ3n) is 3.91. The summed E-state index contributed by atoms with van der Waals surface area (Å²) < 4.78 is 5.13. The van der Waals surface area contributed by atoms with Crippen molar-refractivity contribution in [2.45, 2.75) is 45.1 Å². The highest BCUT2D eigenvalue weighted by atomic mass is 16.5. The van der Waals surface area contributed by atoms with Crippen LogP contribution in [0.25, 0.3) is 0 Å². The van der Waals surface area contributed by atoms with Crippen molar-refractivity contribution in [1.29, 1.82) is 0 Å². The molecule has 0 saturated heterocycles. The molecule has 1 aliphatic rings. The molecule has 1 aromatic carbocycles. The molecule has 1 unspecified atom stereocenters. The largest absolute Gasteiger partial charge is 0.466 e. The first-order chi connectivity index (χ1) is 9.10. The maximum Gasteiger partial charge on any atom is 0.311 e. The van der Waals surface area contributed by atoms with Crippen LogP contribution in [0.4, 0.5) is 0 Å². The molecule has 0 spiro atoms. The molecule has 0 fully saturated rings. The van der Waals surface area contributed by atoms with E-state index >= 15 is 0 Å². The van der Waals surface area contributed by atoms with Gasteiger partial charge in [-0.2, -0.15) is 0 Å². The zero-order valence-electron chi connectivity index (χ0n) is 11.7. The van der Waals surface area contributed by atoms with Crippen molar-refractivity contribution in [3.05, 3.63) is 35.4 Å². The third-order valence-corrected chi connectivity index (χ3v) is 3.91. The minimum atomic E-state index is -0.980. The molecule has 0 radical (unpaired) electrons. The van der Waals surface area contributed by atoms with Crippen LogP contribution in [-0.2, 0) is 22.4 Å². The molecule has 0 aromatic heterocycles. The second-order valence-electron chi connectivity index (χ2n) is 5.32. The fourth-order valence-corrected chi connectivity index (χ4v) is 3.01. The minimum Gasteiger partial charge on any atom is -0.466 e. The summed E-state index contributed by atoms with van der Waals surface area (Å²) in [5.74, 6) is -0.690. The predicted molar refractivity (Wildman–Crippen MR) is 73.8 cm³/mol.